The Hall–Kier alpha value is -1.21. The van der Waals surface area contributed by atoms with Crippen LogP contribution in [0.25, 0.3) is 0 Å². The lowest BCUT2D eigenvalue weighted by Gasteiger charge is -2.12. The molecule has 0 unspecified atom stereocenters. The van der Waals surface area contributed by atoms with Gasteiger partial charge in [-0.1, -0.05) is 6.07 Å². The lowest BCUT2D eigenvalue weighted by Crippen LogP contribution is -2.26. The Morgan fingerprint density at radius 2 is 2.00 bits per heavy atom. The van der Waals surface area contributed by atoms with Crippen molar-refractivity contribution in [1.82, 2.24) is 4.72 Å². The molecule has 114 valence electrons. The quantitative estimate of drug-likeness (QED) is 0.857. The van der Waals surface area contributed by atoms with Gasteiger partial charge >= 0.3 is 0 Å². The van der Waals surface area contributed by atoms with E-state index in [4.69, 9.17) is 0 Å². The van der Waals surface area contributed by atoms with Gasteiger partial charge in [-0.25, -0.2) is 13.1 Å². The van der Waals surface area contributed by atoms with Crippen LogP contribution in [0.15, 0.2) is 33.9 Å². The monoisotopic (exact) mass is 325 g/mol. The molecule has 0 amide bonds. The second-order valence-electron chi connectivity index (χ2n) is 4.98. The van der Waals surface area contributed by atoms with Crippen LogP contribution in [-0.4, -0.2) is 20.1 Å². The molecule has 0 saturated heterocycles. The first kappa shape index (κ1) is 16.2. The Labute approximate surface area is 129 Å². The molecule has 0 saturated carbocycles. The highest BCUT2D eigenvalue weighted by Gasteiger charge is 2.18. The molecule has 1 heterocycles. The molecule has 0 radical (unpaired) electrons. The molecule has 21 heavy (non-hydrogen) atoms. The van der Waals surface area contributed by atoms with Crippen molar-refractivity contribution in [3.63, 3.8) is 0 Å². The van der Waals surface area contributed by atoms with E-state index in [9.17, 15) is 13.5 Å². The van der Waals surface area contributed by atoms with E-state index in [1.807, 2.05) is 23.8 Å². The van der Waals surface area contributed by atoms with Crippen molar-refractivity contribution in [3.8, 4) is 0 Å². The molecule has 0 fully saturated rings. The summed E-state index contributed by atoms with van der Waals surface area (Å²) >= 11 is 1.60. The Morgan fingerprint density at radius 1 is 1.24 bits per heavy atom. The zero-order valence-corrected chi connectivity index (χ0v) is 13.7. The molecule has 0 bridgehead atoms. The minimum absolute atomic E-state index is 0.163. The smallest absolute Gasteiger partial charge is 0.240 e. The number of rotatable bonds is 6. The average Bonchev–Trinajstić information content (AvgIpc) is 2.91. The van der Waals surface area contributed by atoms with Gasteiger partial charge in [0.15, 0.2) is 0 Å². The number of aliphatic hydroxyl groups is 1. The number of sulfonamides is 1. The van der Waals surface area contributed by atoms with Gasteiger partial charge in [-0.05, 0) is 65.4 Å². The minimum atomic E-state index is -3.55. The highest BCUT2D eigenvalue weighted by atomic mass is 32.2. The average molecular weight is 325 g/mol. The summed E-state index contributed by atoms with van der Waals surface area (Å²) in [6.45, 7) is 3.82. The van der Waals surface area contributed by atoms with Gasteiger partial charge in [-0.3, -0.25) is 0 Å². The first-order valence-electron chi connectivity index (χ1n) is 6.66. The number of benzene rings is 1. The molecule has 1 aromatic carbocycles. The summed E-state index contributed by atoms with van der Waals surface area (Å²) in [6, 6.07) is 5.33. The van der Waals surface area contributed by atoms with Crippen LogP contribution in [0.1, 0.15) is 22.3 Å². The maximum absolute atomic E-state index is 12.4. The number of hydrogen-bond donors (Lipinski definition) is 2. The van der Waals surface area contributed by atoms with Gasteiger partial charge in [0, 0.05) is 6.54 Å². The summed E-state index contributed by atoms with van der Waals surface area (Å²) in [4.78, 5) is 0.238. The maximum atomic E-state index is 12.4. The Kier molecular flexibility index (Phi) is 5.16. The zero-order chi connectivity index (χ0) is 15.5. The number of nitrogens with one attached hydrogen (secondary N) is 1. The molecule has 0 aliphatic carbocycles. The van der Waals surface area contributed by atoms with E-state index < -0.39 is 10.0 Å². The summed E-state index contributed by atoms with van der Waals surface area (Å²) in [5.74, 6) is 0. The highest BCUT2D eigenvalue weighted by Crippen LogP contribution is 2.20. The summed E-state index contributed by atoms with van der Waals surface area (Å²) in [5.41, 5.74) is 3.35. The van der Waals surface area contributed by atoms with Crippen molar-refractivity contribution in [2.24, 2.45) is 0 Å². The number of aryl methyl sites for hydroxylation is 2. The molecule has 2 rings (SSSR count). The van der Waals surface area contributed by atoms with Crippen LogP contribution in [-0.2, 0) is 23.1 Å². The molecule has 0 spiro atoms. The molecular formula is C15H19NO3S2. The number of thiophene rings is 1. The van der Waals surface area contributed by atoms with Crippen molar-refractivity contribution >= 4 is 21.4 Å². The molecule has 0 aliphatic rings. The zero-order valence-electron chi connectivity index (χ0n) is 12.1. The van der Waals surface area contributed by atoms with Crippen LogP contribution in [0.2, 0.25) is 0 Å². The molecule has 2 aromatic rings. The Bertz CT molecular complexity index is 707. The fourth-order valence-corrected chi connectivity index (χ4v) is 4.19. The van der Waals surface area contributed by atoms with E-state index in [-0.39, 0.29) is 11.5 Å². The van der Waals surface area contributed by atoms with E-state index in [0.717, 1.165) is 11.1 Å². The largest absolute Gasteiger partial charge is 0.392 e. The first-order chi connectivity index (χ1) is 9.94. The lowest BCUT2D eigenvalue weighted by molar-refractivity contribution is 0.280. The van der Waals surface area contributed by atoms with Crippen molar-refractivity contribution < 1.29 is 13.5 Å². The Balaban J connectivity index is 2.15. The van der Waals surface area contributed by atoms with Crippen LogP contribution >= 0.6 is 11.3 Å². The predicted molar refractivity (Wildman–Crippen MR) is 85.1 cm³/mol. The van der Waals surface area contributed by atoms with Crippen molar-refractivity contribution in [1.29, 1.82) is 0 Å². The van der Waals surface area contributed by atoms with Crippen molar-refractivity contribution in [2.75, 3.05) is 6.54 Å². The standard InChI is InChI=1S/C15H19NO3S2/c1-11-7-12(2)15(8-14(11)9-17)21(18,19)16-5-3-13-4-6-20-10-13/h4,6-8,10,16-17H,3,5,9H2,1-2H3. The molecule has 0 atom stereocenters. The third-order valence-electron chi connectivity index (χ3n) is 3.38. The van der Waals surface area contributed by atoms with Crippen LogP contribution in [0.3, 0.4) is 0 Å². The molecule has 4 nitrogen and oxygen atoms in total. The molecule has 6 heteroatoms. The van der Waals surface area contributed by atoms with E-state index in [1.165, 1.54) is 0 Å². The van der Waals surface area contributed by atoms with Gasteiger partial charge in [-0.2, -0.15) is 11.3 Å². The van der Waals surface area contributed by atoms with Gasteiger partial charge < -0.3 is 5.11 Å². The lowest BCUT2D eigenvalue weighted by atomic mass is 10.1. The SMILES string of the molecule is Cc1cc(C)c(S(=O)(=O)NCCc2ccsc2)cc1CO. The van der Waals surface area contributed by atoms with Crippen LogP contribution in [0.5, 0.6) is 0 Å². The molecule has 1 aromatic heterocycles. The summed E-state index contributed by atoms with van der Waals surface area (Å²) in [5, 5.41) is 13.3. The van der Waals surface area contributed by atoms with Gasteiger partial charge in [0.2, 0.25) is 10.0 Å². The van der Waals surface area contributed by atoms with Crippen LogP contribution in [0.4, 0.5) is 0 Å². The molecule has 2 N–H and O–H groups in total. The number of hydrogen-bond acceptors (Lipinski definition) is 4. The molecule has 0 aliphatic heterocycles. The highest BCUT2D eigenvalue weighted by molar-refractivity contribution is 7.89. The normalized spacial score (nSPS) is 11.8. The first-order valence-corrected chi connectivity index (χ1v) is 9.08. The van der Waals surface area contributed by atoms with Crippen LogP contribution < -0.4 is 4.72 Å². The summed E-state index contributed by atoms with van der Waals surface area (Å²) in [7, 11) is -3.55. The van der Waals surface area contributed by atoms with E-state index >= 15 is 0 Å². The maximum Gasteiger partial charge on any atom is 0.240 e. The third kappa shape index (κ3) is 3.91. The fourth-order valence-electron chi connectivity index (χ4n) is 2.18. The van der Waals surface area contributed by atoms with Gasteiger partial charge in [0.25, 0.3) is 0 Å². The molecular weight excluding hydrogens is 306 g/mol. The van der Waals surface area contributed by atoms with Crippen molar-refractivity contribution in [2.45, 2.75) is 31.8 Å². The van der Waals surface area contributed by atoms with Crippen molar-refractivity contribution in [3.05, 3.63) is 51.2 Å². The van der Waals surface area contributed by atoms with E-state index in [1.54, 1.807) is 30.4 Å². The summed E-state index contributed by atoms with van der Waals surface area (Å²) in [6.07, 6.45) is 0.667. The van der Waals surface area contributed by atoms with Gasteiger partial charge in [-0.15, -0.1) is 0 Å². The van der Waals surface area contributed by atoms with Gasteiger partial charge in [0.05, 0.1) is 11.5 Å². The second-order valence-corrected chi connectivity index (χ2v) is 7.50. The summed E-state index contributed by atoms with van der Waals surface area (Å²) < 4.78 is 27.4. The predicted octanol–water partition coefficient (Wildman–Crippen LogP) is 2.38. The topological polar surface area (TPSA) is 66.4 Å². The minimum Gasteiger partial charge on any atom is -0.392 e. The second kappa shape index (κ2) is 6.70. The van der Waals surface area contributed by atoms with Gasteiger partial charge in [0.1, 0.15) is 0 Å². The van der Waals surface area contributed by atoms with E-state index in [2.05, 4.69) is 4.72 Å². The van der Waals surface area contributed by atoms with Crippen LogP contribution in [0, 0.1) is 13.8 Å². The fraction of sp³-hybridized carbons (Fsp3) is 0.333. The number of aliphatic hydroxyl groups excluding tert-OH is 1. The Morgan fingerprint density at radius 3 is 2.62 bits per heavy atom. The van der Waals surface area contributed by atoms with E-state index in [0.29, 0.717) is 24.1 Å². The third-order valence-corrected chi connectivity index (χ3v) is 5.71.